The molecule has 2 heterocycles. The van der Waals surface area contributed by atoms with E-state index in [0.717, 1.165) is 11.5 Å². The summed E-state index contributed by atoms with van der Waals surface area (Å²) in [6.07, 6.45) is 1.76. The highest BCUT2D eigenvalue weighted by molar-refractivity contribution is 5.56. The summed E-state index contributed by atoms with van der Waals surface area (Å²) >= 11 is 0. The van der Waals surface area contributed by atoms with Crippen LogP contribution in [0.3, 0.4) is 0 Å². The lowest BCUT2D eigenvalue weighted by Crippen LogP contribution is -2.03. The average Bonchev–Trinajstić information content (AvgIpc) is 2.56. The van der Waals surface area contributed by atoms with Crippen molar-refractivity contribution >= 4 is 11.6 Å². The van der Waals surface area contributed by atoms with Crippen LogP contribution in [0.4, 0.5) is 11.6 Å². The highest BCUT2D eigenvalue weighted by Crippen LogP contribution is 2.14. The second-order valence-corrected chi connectivity index (χ2v) is 3.26. The first kappa shape index (κ1) is 9.51. The monoisotopic (exact) mass is 203 g/mol. The van der Waals surface area contributed by atoms with Crippen LogP contribution in [0.1, 0.15) is 11.5 Å². The molecule has 2 aromatic heterocycles. The van der Waals surface area contributed by atoms with Gasteiger partial charge in [-0.15, -0.1) is 0 Å². The third-order valence-electron chi connectivity index (χ3n) is 2.01. The molecule has 2 aromatic rings. The summed E-state index contributed by atoms with van der Waals surface area (Å²) in [4.78, 5) is 11.3. The lowest BCUT2D eigenvalue weighted by atomic mass is 10.3. The third-order valence-corrected chi connectivity index (χ3v) is 2.01. The molecule has 0 unspecified atom stereocenters. The minimum Gasteiger partial charge on any atom is -0.382 e. The SMILES string of the molecule is Cc1nc(NCc2ccccn2)c(N)[nH]1. The summed E-state index contributed by atoms with van der Waals surface area (Å²) in [5.74, 6) is 2.04. The van der Waals surface area contributed by atoms with E-state index in [2.05, 4.69) is 20.3 Å². The molecule has 0 aliphatic heterocycles. The molecule has 0 bridgehead atoms. The zero-order chi connectivity index (χ0) is 10.7. The van der Waals surface area contributed by atoms with E-state index in [1.54, 1.807) is 6.20 Å². The predicted molar refractivity (Wildman–Crippen MR) is 59.3 cm³/mol. The Hall–Kier alpha value is -2.04. The maximum absolute atomic E-state index is 5.70. The lowest BCUT2D eigenvalue weighted by molar-refractivity contribution is 1.03. The molecule has 0 spiro atoms. The molecule has 2 rings (SSSR count). The topological polar surface area (TPSA) is 79.6 Å². The maximum Gasteiger partial charge on any atom is 0.169 e. The van der Waals surface area contributed by atoms with Gasteiger partial charge in [-0.05, 0) is 19.1 Å². The summed E-state index contributed by atoms with van der Waals surface area (Å²) in [7, 11) is 0. The molecule has 0 saturated heterocycles. The van der Waals surface area contributed by atoms with Crippen molar-refractivity contribution in [3.63, 3.8) is 0 Å². The van der Waals surface area contributed by atoms with Gasteiger partial charge in [-0.3, -0.25) is 4.98 Å². The van der Waals surface area contributed by atoms with Gasteiger partial charge in [0, 0.05) is 6.20 Å². The van der Waals surface area contributed by atoms with Crippen molar-refractivity contribution in [3.8, 4) is 0 Å². The van der Waals surface area contributed by atoms with Gasteiger partial charge < -0.3 is 16.0 Å². The average molecular weight is 203 g/mol. The van der Waals surface area contributed by atoms with Crippen LogP contribution >= 0.6 is 0 Å². The molecule has 4 N–H and O–H groups in total. The highest BCUT2D eigenvalue weighted by atomic mass is 15.1. The van der Waals surface area contributed by atoms with Crippen LogP contribution in [0.15, 0.2) is 24.4 Å². The van der Waals surface area contributed by atoms with Gasteiger partial charge in [0.25, 0.3) is 0 Å². The first-order chi connectivity index (χ1) is 7.25. The molecule has 0 amide bonds. The summed E-state index contributed by atoms with van der Waals surface area (Å²) in [6, 6.07) is 5.78. The first-order valence-electron chi connectivity index (χ1n) is 4.71. The van der Waals surface area contributed by atoms with Crippen LogP contribution in [-0.4, -0.2) is 15.0 Å². The van der Waals surface area contributed by atoms with Crippen molar-refractivity contribution in [1.29, 1.82) is 0 Å². The number of hydrogen-bond acceptors (Lipinski definition) is 4. The lowest BCUT2D eigenvalue weighted by Gasteiger charge is -2.02. The Morgan fingerprint density at radius 3 is 2.93 bits per heavy atom. The number of nitrogens with one attached hydrogen (secondary N) is 2. The fourth-order valence-corrected chi connectivity index (χ4v) is 1.32. The number of hydrogen-bond donors (Lipinski definition) is 3. The number of rotatable bonds is 3. The number of pyridine rings is 1. The largest absolute Gasteiger partial charge is 0.382 e. The molecule has 5 nitrogen and oxygen atoms in total. The van der Waals surface area contributed by atoms with Gasteiger partial charge in [0.15, 0.2) is 5.82 Å². The van der Waals surface area contributed by atoms with Crippen LogP contribution in [0.25, 0.3) is 0 Å². The quantitative estimate of drug-likeness (QED) is 0.702. The predicted octanol–water partition coefficient (Wildman–Crippen LogP) is 1.31. The Labute approximate surface area is 87.8 Å². The van der Waals surface area contributed by atoms with Crippen molar-refractivity contribution in [2.45, 2.75) is 13.5 Å². The Kier molecular flexibility index (Phi) is 2.53. The van der Waals surface area contributed by atoms with E-state index in [9.17, 15) is 0 Å². The number of nitrogens with two attached hydrogens (primary N) is 1. The van der Waals surface area contributed by atoms with E-state index < -0.39 is 0 Å². The number of aromatic nitrogens is 3. The van der Waals surface area contributed by atoms with E-state index >= 15 is 0 Å². The molecule has 0 aromatic carbocycles. The van der Waals surface area contributed by atoms with E-state index in [1.165, 1.54) is 0 Å². The number of H-pyrrole nitrogens is 1. The van der Waals surface area contributed by atoms with Crippen LogP contribution < -0.4 is 11.1 Å². The zero-order valence-electron chi connectivity index (χ0n) is 8.49. The molecule has 0 saturated carbocycles. The molecule has 0 aliphatic rings. The number of imidazole rings is 1. The van der Waals surface area contributed by atoms with Crippen LogP contribution in [0, 0.1) is 6.92 Å². The van der Waals surface area contributed by atoms with Gasteiger partial charge >= 0.3 is 0 Å². The molecular weight excluding hydrogens is 190 g/mol. The number of nitrogens with zero attached hydrogens (tertiary/aromatic N) is 2. The standard InChI is InChI=1S/C10H13N5/c1-7-14-9(11)10(15-7)13-6-8-4-2-3-5-12-8/h2-5,13H,6,11H2,1H3,(H,14,15). The fourth-order valence-electron chi connectivity index (χ4n) is 1.32. The van der Waals surface area contributed by atoms with E-state index in [1.807, 2.05) is 25.1 Å². The van der Waals surface area contributed by atoms with Crippen LogP contribution in [0.2, 0.25) is 0 Å². The van der Waals surface area contributed by atoms with Gasteiger partial charge in [0.2, 0.25) is 0 Å². The van der Waals surface area contributed by atoms with E-state index in [-0.39, 0.29) is 0 Å². The molecule has 5 heteroatoms. The fraction of sp³-hybridized carbons (Fsp3) is 0.200. The first-order valence-corrected chi connectivity index (χ1v) is 4.71. The molecule has 0 radical (unpaired) electrons. The van der Waals surface area contributed by atoms with E-state index in [4.69, 9.17) is 5.73 Å². The summed E-state index contributed by atoms with van der Waals surface area (Å²) in [5, 5.41) is 3.12. The van der Waals surface area contributed by atoms with E-state index in [0.29, 0.717) is 18.2 Å². The van der Waals surface area contributed by atoms with Crippen molar-refractivity contribution in [3.05, 3.63) is 35.9 Å². The maximum atomic E-state index is 5.70. The van der Waals surface area contributed by atoms with Gasteiger partial charge in [0.1, 0.15) is 11.6 Å². The Morgan fingerprint density at radius 1 is 1.47 bits per heavy atom. The normalized spacial score (nSPS) is 10.2. The molecule has 0 aliphatic carbocycles. The van der Waals surface area contributed by atoms with Crippen molar-refractivity contribution < 1.29 is 0 Å². The number of aromatic amines is 1. The summed E-state index contributed by atoms with van der Waals surface area (Å²) in [6.45, 7) is 2.48. The van der Waals surface area contributed by atoms with Gasteiger partial charge in [0.05, 0.1) is 12.2 Å². The minimum atomic E-state index is 0.559. The Bertz CT molecular complexity index is 434. The van der Waals surface area contributed by atoms with Crippen molar-refractivity contribution in [2.75, 3.05) is 11.1 Å². The smallest absolute Gasteiger partial charge is 0.169 e. The zero-order valence-corrected chi connectivity index (χ0v) is 8.49. The number of nitrogen functional groups attached to an aromatic ring is 1. The summed E-state index contributed by atoms with van der Waals surface area (Å²) in [5.41, 5.74) is 6.66. The minimum absolute atomic E-state index is 0.559. The Balaban J connectivity index is 2.02. The second kappa shape index (κ2) is 4.00. The number of anilines is 2. The van der Waals surface area contributed by atoms with Gasteiger partial charge in [-0.25, -0.2) is 4.98 Å². The molecule has 0 fully saturated rings. The van der Waals surface area contributed by atoms with Gasteiger partial charge in [-0.2, -0.15) is 0 Å². The highest BCUT2D eigenvalue weighted by Gasteiger charge is 2.03. The molecule has 0 atom stereocenters. The van der Waals surface area contributed by atoms with Gasteiger partial charge in [-0.1, -0.05) is 6.07 Å². The van der Waals surface area contributed by atoms with Crippen LogP contribution in [0.5, 0.6) is 0 Å². The molecular formula is C10H13N5. The number of aryl methyl sites for hydroxylation is 1. The molecule has 15 heavy (non-hydrogen) atoms. The van der Waals surface area contributed by atoms with Crippen molar-refractivity contribution in [2.24, 2.45) is 0 Å². The second-order valence-electron chi connectivity index (χ2n) is 3.26. The summed E-state index contributed by atoms with van der Waals surface area (Å²) < 4.78 is 0. The van der Waals surface area contributed by atoms with Crippen LogP contribution in [-0.2, 0) is 6.54 Å². The molecule has 78 valence electrons. The third kappa shape index (κ3) is 2.25. The van der Waals surface area contributed by atoms with Crippen molar-refractivity contribution in [1.82, 2.24) is 15.0 Å². The Morgan fingerprint density at radius 2 is 2.33 bits per heavy atom.